The van der Waals surface area contributed by atoms with Crippen molar-refractivity contribution in [2.45, 2.75) is 65.8 Å². The lowest BCUT2D eigenvalue weighted by molar-refractivity contribution is 0.227. The molecule has 0 aliphatic heterocycles. The molecule has 0 radical (unpaired) electrons. The van der Waals surface area contributed by atoms with Crippen LogP contribution in [0.2, 0.25) is 0 Å². The molecular formula is C14H31NO. The second-order valence-electron chi connectivity index (χ2n) is 5.24. The molecule has 2 N–H and O–H groups in total. The number of hydrogen-bond acceptors (Lipinski definition) is 2. The van der Waals surface area contributed by atoms with Gasteiger partial charge in [0, 0.05) is 12.6 Å². The number of rotatable bonds is 10. The van der Waals surface area contributed by atoms with Crippen molar-refractivity contribution in [1.29, 1.82) is 0 Å². The van der Waals surface area contributed by atoms with Gasteiger partial charge < -0.3 is 10.4 Å². The van der Waals surface area contributed by atoms with Crippen molar-refractivity contribution in [1.82, 2.24) is 5.32 Å². The molecule has 0 saturated heterocycles. The van der Waals surface area contributed by atoms with Crippen LogP contribution in [0.5, 0.6) is 0 Å². The van der Waals surface area contributed by atoms with Gasteiger partial charge in [0.1, 0.15) is 0 Å². The standard InChI is InChI=1S/C14H31NO/c1-5-12(3)10-14(6-2)15-9-7-8-13(4)11-16/h12-16H,5-11H2,1-4H3. The highest BCUT2D eigenvalue weighted by Crippen LogP contribution is 2.12. The molecule has 2 heteroatoms. The summed E-state index contributed by atoms with van der Waals surface area (Å²) < 4.78 is 0. The van der Waals surface area contributed by atoms with E-state index in [2.05, 4.69) is 33.0 Å². The molecule has 0 bridgehead atoms. The Morgan fingerprint density at radius 2 is 1.75 bits per heavy atom. The molecule has 16 heavy (non-hydrogen) atoms. The predicted octanol–water partition coefficient (Wildman–Crippen LogP) is 3.20. The van der Waals surface area contributed by atoms with Gasteiger partial charge in [0.05, 0.1) is 0 Å². The molecule has 0 rings (SSSR count). The van der Waals surface area contributed by atoms with Crippen molar-refractivity contribution in [3.05, 3.63) is 0 Å². The molecule has 0 heterocycles. The monoisotopic (exact) mass is 229 g/mol. The molecular weight excluding hydrogens is 198 g/mol. The summed E-state index contributed by atoms with van der Waals surface area (Å²) in [6.07, 6.45) is 6.10. The van der Waals surface area contributed by atoms with Crippen LogP contribution in [0.15, 0.2) is 0 Å². The average molecular weight is 229 g/mol. The van der Waals surface area contributed by atoms with Crippen LogP contribution >= 0.6 is 0 Å². The van der Waals surface area contributed by atoms with E-state index < -0.39 is 0 Å². The second kappa shape index (κ2) is 10.1. The van der Waals surface area contributed by atoms with E-state index >= 15 is 0 Å². The van der Waals surface area contributed by atoms with E-state index in [4.69, 9.17) is 5.11 Å². The first-order valence-corrected chi connectivity index (χ1v) is 6.98. The lowest BCUT2D eigenvalue weighted by Crippen LogP contribution is -2.31. The molecule has 0 aromatic carbocycles. The van der Waals surface area contributed by atoms with Crippen LogP contribution < -0.4 is 5.32 Å². The number of aliphatic hydroxyl groups is 1. The summed E-state index contributed by atoms with van der Waals surface area (Å²) in [5, 5.41) is 12.6. The molecule has 0 aliphatic carbocycles. The van der Waals surface area contributed by atoms with Gasteiger partial charge in [-0.05, 0) is 44.1 Å². The van der Waals surface area contributed by atoms with Gasteiger partial charge in [-0.3, -0.25) is 0 Å². The van der Waals surface area contributed by atoms with Crippen LogP contribution in [0.4, 0.5) is 0 Å². The first kappa shape index (κ1) is 15.9. The molecule has 98 valence electrons. The lowest BCUT2D eigenvalue weighted by Gasteiger charge is -2.20. The maximum atomic E-state index is 8.92. The van der Waals surface area contributed by atoms with E-state index in [0.29, 0.717) is 18.6 Å². The van der Waals surface area contributed by atoms with Crippen molar-refractivity contribution in [3.8, 4) is 0 Å². The summed E-state index contributed by atoms with van der Waals surface area (Å²) in [5.41, 5.74) is 0. The minimum absolute atomic E-state index is 0.323. The Labute approximate surface area is 102 Å². The van der Waals surface area contributed by atoms with Crippen molar-refractivity contribution in [2.24, 2.45) is 11.8 Å². The molecule has 0 aliphatic rings. The van der Waals surface area contributed by atoms with Crippen LogP contribution in [0.25, 0.3) is 0 Å². The zero-order valence-corrected chi connectivity index (χ0v) is 11.6. The molecule has 0 aromatic heterocycles. The van der Waals surface area contributed by atoms with E-state index in [1.807, 2.05) is 0 Å². The summed E-state index contributed by atoms with van der Waals surface area (Å²) in [6.45, 7) is 10.4. The largest absolute Gasteiger partial charge is 0.396 e. The Morgan fingerprint density at radius 1 is 1.06 bits per heavy atom. The van der Waals surface area contributed by atoms with Crippen molar-refractivity contribution >= 4 is 0 Å². The van der Waals surface area contributed by atoms with E-state index in [-0.39, 0.29) is 0 Å². The molecule has 2 nitrogen and oxygen atoms in total. The van der Waals surface area contributed by atoms with Gasteiger partial charge >= 0.3 is 0 Å². The zero-order chi connectivity index (χ0) is 12.4. The fourth-order valence-corrected chi connectivity index (χ4v) is 1.89. The molecule has 3 atom stereocenters. The molecule has 0 spiro atoms. The van der Waals surface area contributed by atoms with Gasteiger partial charge in [0.15, 0.2) is 0 Å². The van der Waals surface area contributed by atoms with E-state index in [9.17, 15) is 0 Å². The summed E-state index contributed by atoms with van der Waals surface area (Å²) >= 11 is 0. The Hall–Kier alpha value is -0.0800. The fraction of sp³-hybridized carbons (Fsp3) is 1.00. The van der Waals surface area contributed by atoms with E-state index in [1.165, 1.54) is 25.7 Å². The highest BCUT2D eigenvalue weighted by atomic mass is 16.3. The van der Waals surface area contributed by atoms with Gasteiger partial charge in [0.25, 0.3) is 0 Å². The fourth-order valence-electron chi connectivity index (χ4n) is 1.89. The van der Waals surface area contributed by atoms with Crippen molar-refractivity contribution < 1.29 is 5.11 Å². The maximum Gasteiger partial charge on any atom is 0.0456 e. The number of hydrogen-bond donors (Lipinski definition) is 2. The van der Waals surface area contributed by atoms with Crippen LogP contribution in [-0.2, 0) is 0 Å². The average Bonchev–Trinajstić information content (AvgIpc) is 2.32. The van der Waals surface area contributed by atoms with E-state index in [0.717, 1.165) is 18.9 Å². The molecule has 0 saturated carbocycles. The number of nitrogens with one attached hydrogen (secondary N) is 1. The Kier molecular flexibility index (Phi) is 10.0. The zero-order valence-electron chi connectivity index (χ0n) is 11.6. The highest BCUT2D eigenvalue weighted by molar-refractivity contribution is 4.68. The van der Waals surface area contributed by atoms with E-state index in [1.54, 1.807) is 0 Å². The predicted molar refractivity (Wildman–Crippen MR) is 71.6 cm³/mol. The first-order valence-electron chi connectivity index (χ1n) is 6.98. The maximum absolute atomic E-state index is 8.92. The van der Waals surface area contributed by atoms with Crippen LogP contribution in [0.1, 0.15) is 59.8 Å². The normalized spacial score (nSPS) is 17.1. The Bertz CT molecular complexity index is 150. The SMILES string of the molecule is CCC(C)CC(CC)NCCCC(C)CO. The van der Waals surface area contributed by atoms with Crippen LogP contribution in [0.3, 0.4) is 0 Å². The highest BCUT2D eigenvalue weighted by Gasteiger charge is 2.09. The number of aliphatic hydroxyl groups excluding tert-OH is 1. The summed E-state index contributed by atoms with van der Waals surface area (Å²) in [4.78, 5) is 0. The second-order valence-corrected chi connectivity index (χ2v) is 5.24. The Morgan fingerprint density at radius 3 is 2.25 bits per heavy atom. The topological polar surface area (TPSA) is 32.3 Å². The van der Waals surface area contributed by atoms with Gasteiger partial charge in [-0.15, -0.1) is 0 Å². The third-order valence-corrected chi connectivity index (χ3v) is 3.49. The molecule has 3 unspecified atom stereocenters. The van der Waals surface area contributed by atoms with Gasteiger partial charge in [-0.25, -0.2) is 0 Å². The summed E-state index contributed by atoms with van der Waals surface area (Å²) in [5.74, 6) is 1.28. The van der Waals surface area contributed by atoms with Gasteiger partial charge in [0.2, 0.25) is 0 Å². The smallest absolute Gasteiger partial charge is 0.0456 e. The van der Waals surface area contributed by atoms with Gasteiger partial charge in [-0.2, -0.15) is 0 Å². The van der Waals surface area contributed by atoms with Crippen molar-refractivity contribution in [3.63, 3.8) is 0 Å². The van der Waals surface area contributed by atoms with Crippen LogP contribution in [0, 0.1) is 11.8 Å². The third kappa shape index (κ3) is 8.12. The molecule has 0 fully saturated rings. The Balaban J connectivity index is 3.55. The minimum Gasteiger partial charge on any atom is -0.396 e. The molecule has 0 amide bonds. The van der Waals surface area contributed by atoms with Gasteiger partial charge in [-0.1, -0.05) is 34.1 Å². The van der Waals surface area contributed by atoms with Crippen molar-refractivity contribution in [2.75, 3.05) is 13.2 Å². The first-order chi connectivity index (χ1) is 7.63. The third-order valence-electron chi connectivity index (χ3n) is 3.49. The minimum atomic E-state index is 0.323. The quantitative estimate of drug-likeness (QED) is 0.564. The molecule has 0 aromatic rings. The summed E-state index contributed by atoms with van der Waals surface area (Å²) in [7, 11) is 0. The van der Waals surface area contributed by atoms with Crippen LogP contribution in [-0.4, -0.2) is 24.3 Å². The lowest BCUT2D eigenvalue weighted by atomic mass is 9.97. The summed E-state index contributed by atoms with van der Waals surface area (Å²) in [6, 6.07) is 0.680.